The van der Waals surface area contributed by atoms with Crippen LogP contribution in [-0.4, -0.2) is 38.3 Å². The Bertz CT molecular complexity index is 517. The molecule has 2 aliphatic rings. The van der Waals surface area contributed by atoms with Gasteiger partial charge in [-0.05, 0) is 30.5 Å². The van der Waals surface area contributed by atoms with Gasteiger partial charge >= 0.3 is 0 Å². The standard InChI is InChI=1S/C16H21FN2O2.ClH/c17-13-3-1-2-12(8-13)16(4-5-16)11-19-15(20)9-14-10-21-7-6-18-14;/h1-3,8,14,18H,4-7,9-11H2,(H,19,20);1H. The van der Waals surface area contributed by atoms with E-state index in [1.807, 2.05) is 6.07 Å². The first kappa shape index (κ1) is 17.2. The van der Waals surface area contributed by atoms with Crippen LogP contribution in [0.15, 0.2) is 24.3 Å². The highest BCUT2D eigenvalue weighted by molar-refractivity contribution is 5.85. The quantitative estimate of drug-likeness (QED) is 0.866. The molecular formula is C16H22ClFN2O2. The normalized spacial score (nSPS) is 22.5. The monoisotopic (exact) mass is 328 g/mol. The maximum atomic E-state index is 13.3. The van der Waals surface area contributed by atoms with Crippen molar-refractivity contribution in [3.63, 3.8) is 0 Å². The van der Waals surface area contributed by atoms with Crippen molar-refractivity contribution >= 4 is 18.3 Å². The fraction of sp³-hybridized carbons (Fsp3) is 0.562. The lowest BCUT2D eigenvalue weighted by atomic mass is 9.95. The molecule has 2 N–H and O–H groups in total. The van der Waals surface area contributed by atoms with Gasteiger partial charge in [-0.3, -0.25) is 4.79 Å². The van der Waals surface area contributed by atoms with Crippen molar-refractivity contribution in [3.8, 4) is 0 Å². The second-order valence-corrected chi connectivity index (χ2v) is 6.00. The topological polar surface area (TPSA) is 50.4 Å². The summed E-state index contributed by atoms with van der Waals surface area (Å²) in [6.07, 6.45) is 2.43. The predicted molar refractivity (Wildman–Crippen MR) is 84.8 cm³/mol. The molecule has 1 saturated carbocycles. The molecule has 0 aromatic heterocycles. The molecule has 6 heteroatoms. The van der Waals surface area contributed by atoms with Gasteiger partial charge in [-0.2, -0.15) is 0 Å². The van der Waals surface area contributed by atoms with E-state index in [4.69, 9.17) is 4.74 Å². The smallest absolute Gasteiger partial charge is 0.221 e. The summed E-state index contributed by atoms with van der Waals surface area (Å²) >= 11 is 0. The van der Waals surface area contributed by atoms with E-state index in [2.05, 4.69) is 10.6 Å². The van der Waals surface area contributed by atoms with Crippen molar-refractivity contribution in [1.29, 1.82) is 0 Å². The fourth-order valence-electron chi connectivity index (χ4n) is 2.85. The fourth-order valence-corrected chi connectivity index (χ4v) is 2.85. The third-order valence-electron chi connectivity index (χ3n) is 4.34. The zero-order chi connectivity index (χ0) is 14.7. The Balaban J connectivity index is 0.00000176. The Morgan fingerprint density at radius 3 is 2.91 bits per heavy atom. The van der Waals surface area contributed by atoms with E-state index in [0.29, 0.717) is 26.2 Å². The highest BCUT2D eigenvalue weighted by Crippen LogP contribution is 2.47. The molecule has 1 atom stereocenters. The Labute approximate surface area is 136 Å². The van der Waals surface area contributed by atoms with Gasteiger partial charge in [-0.25, -0.2) is 4.39 Å². The van der Waals surface area contributed by atoms with Crippen LogP contribution < -0.4 is 10.6 Å². The van der Waals surface area contributed by atoms with Gasteiger partial charge in [-0.1, -0.05) is 12.1 Å². The second-order valence-electron chi connectivity index (χ2n) is 6.00. The lowest BCUT2D eigenvalue weighted by Crippen LogP contribution is -2.45. The molecule has 1 aliphatic heterocycles. The number of amides is 1. The van der Waals surface area contributed by atoms with E-state index in [0.717, 1.165) is 24.9 Å². The Hall–Kier alpha value is -1.17. The first-order chi connectivity index (χ1) is 10.2. The first-order valence-electron chi connectivity index (χ1n) is 7.52. The van der Waals surface area contributed by atoms with Crippen molar-refractivity contribution < 1.29 is 13.9 Å². The maximum absolute atomic E-state index is 13.3. The summed E-state index contributed by atoms with van der Waals surface area (Å²) in [5.74, 6) is -0.186. The number of hydrogen-bond donors (Lipinski definition) is 2. The van der Waals surface area contributed by atoms with Gasteiger partial charge in [0.15, 0.2) is 0 Å². The molecule has 4 nitrogen and oxygen atoms in total. The second kappa shape index (κ2) is 7.40. The lowest BCUT2D eigenvalue weighted by molar-refractivity contribution is -0.122. The molecule has 122 valence electrons. The summed E-state index contributed by atoms with van der Waals surface area (Å²) in [6.45, 7) is 2.68. The van der Waals surface area contributed by atoms with E-state index in [1.54, 1.807) is 12.1 Å². The third kappa shape index (κ3) is 4.18. The number of ether oxygens (including phenoxy) is 1. The molecule has 3 rings (SSSR count). The predicted octanol–water partition coefficient (Wildman–Crippen LogP) is 1.77. The molecule has 1 aliphatic carbocycles. The van der Waals surface area contributed by atoms with Crippen molar-refractivity contribution in [3.05, 3.63) is 35.6 Å². The summed E-state index contributed by atoms with van der Waals surface area (Å²) in [4.78, 5) is 12.0. The average molecular weight is 329 g/mol. The van der Waals surface area contributed by atoms with E-state index >= 15 is 0 Å². The van der Waals surface area contributed by atoms with Gasteiger partial charge in [0.05, 0.1) is 13.2 Å². The number of nitrogens with one attached hydrogen (secondary N) is 2. The van der Waals surface area contributed by atoms with Gasteiger partial charge in [0.1, 0.15) is 5.82 Å². The number of halogens is 2. The van der Waals surface area contributed by atoms with Crippen molar-refractivity contribution in [2.75, 3.05) is 26.3 Å². The molecule has 2 fully saturated rings. The number of carbonyl (C=O) groups is 1. The SMILES string of the molecule is Cl.O=C(CC1COCCN1)NCC1(c2cccc(F)c2)CC1. The zero-order valence-corrected chi connectivity index (χ0v) is 13.3. The number of rotatable bonds is 5. The van der Waals surface area contributed by atoms with Crippen LogP contribution in [0.4, 0.5) is 4.39 Å². The zero-order valence-electron chi connectivity index (χ0n) is 12.4. The van der Waals surface area contributed by atoms with Gasteiger partial charge < -0.3 is 15.4 Å². The van der Waals surface area contributed by atoms with Crippen LogP contribution in [0.1, 0.15) is 24.8 Å². The molecule has 1 saturated heterocycles. The van der Waals surface area contributed by atoms with Crippen LogP contribution in [0.5, 0.6) is 0 Å². The highest BCUT2D eigenvalue weighted by atomic mass is 35.5. The summed E-state index contributed by atoms with van der Waals surface area (Å²) in [6, 6.07) is 6.81. The number of carbonyl (C=O) groups excluding carboxylic acids is 1. The van der Waals surface area contributed by atoms with Crippen LogP contribution in [-0.2, 0) is 14.9 Å². The molecule has 1 aromatic carbocycles. The van der Waals surface area contributed by atoms with Gasteiger partial charge in [0.25, 0.3) is 0 Å². The molecular weight excluding hydrogens is 307 g/mol. The minimum atomic E-state index is -0.214. The van der Waals surface area contributed by atoms with E-state index in [1.165, 1.54) is 6.07 Å². The lowest BCUT2D eigenvalue weighted by Gasteiger charge is -2.24. The van der Waals surface area contributed by atoms with E-state index in [-0.39, 0.29) is 35.6 Å². The molecule has 0 spiro atoms. The van der Waals surface area contributed by atoms with E-state index in [9.17, 15) is 9.18 Å². The largest absolute Gasteiger partial charge is 0.378 e. The minimum Gasteiger partial charge on any atom is -0.378 e. The highest BCUT2D eigenvalue weighted by Gasteiger charge is 2.44. The summed E-state index contributed by atoms with van der Waals surface area (Å²) in [7, 11) is 0. The summed E-state index contributed by atoms with van der Waals surface area (Å²) in [5.41, 5.74) is 0.927. The molecule has 0 bridgehead atoms. The van der Waals surface area contributed by atoms with Crippen LogP contribution >= 0.6 is 12.4 Å². The van der Waals surface area contributed by atoms with Crippen LogP contribution in [0.3, 0.4) is 0 Å². The molecule has 1 unspecified atom stereocenters. The van der Waals surface area contributed by atoms with Gasteiger partial charge in [0, 0.05) is 31.0 Å². The number of morpholine rings is 1. The maximum Gasteiger partial charge on any atom is 0.221 e. The molecule has 0 radical (unpaired) electrons. The average Bonchev–Trinajstić information content (AvgIpc) is 3.28. The first-order valence-corrected chi connectivity index (χ1v) is 7.52. The summed E-state index contributed by atoms with van der Waals surface area (Å²) in [5, 5.41) is 6.26. The molecule has 1 amide bonds. The molecule has 1 aromatic rings. The van der Waals surface area contributed by atoms with Crippen molar-refractivity contribution in [1.82, 2.24) is 10.6 Å². The Morgan fingerprint density at radius 1 is 1.45 bits per heavy atom. The molecule has 1 heterocycles. The van der Waals surface area contributed by atoms with Crippen LogP contribution in [0.2, 0.25) is 0 Å². The third-order valence-corrected chi connectivity index (χ3v) is 4.34. The minimum absolute atomic E-state index is 0. The Morgan fingerprint density at radius 2 is 2.27 bits per heavy atom. The van der Waals surface area contributed by atoms with Gasteiger partial charge in [0.2, 0.25) is 5.91 Å². The van der Waals surface area contributed by atoms with Crippen LogP contribution in [0.25, 0.3) is 0 Å². The summed E-state index contributed by atoms with van der Waals surface area (Å²) < 4.78 is 18.7. The number of benzene rings is 1. The number of hydrogen-bond acceptors (Lipinski definition) is 3. The van der Waals surface area contributed by atoms with E-state index < -0.39 is 0 Å². The Kier molecular flexibility index (Phi) is 5.78. The van der Waals surface area contributed by atoms with Crippen molar-refractivity contribution in [2.45, 2.75) is 30.7 Å². The molecule has 22 heavy (non-hydrogen) atoms. The van der Waals surface area contributed by atoms with Gasteiger partial charge in [-0.15, -0.1) is 12.4 Å². The van der Waals surface area contributed by atoms with Crippen molar-refractivity contribution in [2.24, 2.45) is 0 Å². The van der Waals surface area contributed by atoms with Crippen LogP contribution in [0, 0.1) is 5.82 Å².